The molecule has 2 N–H and O–H groups in total. The van der Waals surface area contributed by atoms with Gasteiger partial charge in [0.25, 0.3) is 0 Å². The summed E-state index contributed by atoms with van der Waals surface area (Å²) >= 11 is 0. The maximum absolute atomic E-state index is 13.8. The van der Waals surface area contributed by atoms with E-state index in [-0.39, 0.29) is 18.5 Å². The van der Waals surface area contributed by atoms with E-state index in [4.69, 9.17) is 9.15 Å². The average molecular weight is 403 g/mol. The van der Waals surface area contributed by atoms with E-state index in [0.717, 1.165) is 24.4 Å². The predicted octanol–water partition coefficient (Wildman–Crippen LogP) is 3.46. The van der Waals surface area contributed by atoms with Gasteiger partial charge in [-0.05, 0) is 55.8 Å². The zero-order valence-corrected chi connectivity index (χ0v) is 17.3. The number of halogens is 1. The Bertz CT molecular complexity index is 773. The molecule has 0 radical (unpaired) electrons. The normalized spacial score (nSPS) is 16.6. The summed E-state index contributed by atoms with van der Waals surface area (Å²) in [6.07, 6.45) is 5.46. The molecule has 0 aliphatic carbocycles. The van der Waals surface area contributed by atoms with Gasteiger partial charge in [0.15, 0.2) is 5.96 Å². The third kappa shape index (κ3) is 6.05. The highest BCUT2D eigenvalue weighted by molar-refractivity contribution is 5.79. The highest BCUT2D eigenvalue weighted by atomic mass is 19.1. The number of nitrogens with zero attached hydrogens (tertiary/aromatic N) is 2. The number of methoxy groups -OCH3 is 1. The molecule has 0 spiro atoms. The molecule has 1 aromatic heterocycles. The monoisotopic (exact) mass is 402 g/mol. The lowest BCUT2D eigenvalue weighted by Gasteiger charge is -2.33. The van der Waals surface area contributed by atoms with Crippen LogP contribution in [0.4, 0.5) is 4.39 Å². The van der Waals surface area contributed by atoms with Crippen LogP contribution in [0, 0.1) is 5.82 Å². The average Bonchev–Trinajstić information content (AvgIpc) is 3.28. The first-order valence-electron chi connectivity index (χ1n) is 10.2. The quantitative estimate of drug-likeness (QED) is 0.523. The summed E-state index contributed by atoms with van der Waals surface area (Å²) in [6, 6.07) is 9.21. The Kier molecular flexibility index (Phi) is 8.07. The molecule has 1 aliphatic heterocycles. The molecule has 6 nitrogen and oxygen atoms in total. The zero-order chi connectivity index (χ0) is 20.5. The topological polar surface area (TPSA) is 62.0 Å². The summed E-state index contributed by atoms with van der Waals surface area (Å²) in [5.74, 6) is 1.43. The van der Waals surface area contributed by atoms with Crippen LogP contribution in [0.2, 0.25) is 0 Å². The Morgan fingerprint density at radius 2 is 2.07 bits per heavy atom. The van der Waals surface area contributed by atoms with Crippen LogP contribution in [0.25, 0.3) is 0 Å². The van der Waals surface area contributed by atoms with Crippen LogP contribution >= 0.6 is 0 Å². The number of likely N-dealkylation sites (tertiary alicyclic amines) is 1. The smallest absolute Gasteiger partial charge is 0.191 e. The van der Waals surface area contributed by atoms with Crippen molar-refractivity contribution < 1.29 is 13.5 Å². The molecule has 0 amide bonds. The second-order valence-corrected chi connectivity index (χ2v) is 7.29. The molecule has 1 unspecified atom stereocenters. The largest absolute Gasteiger partial charge is 0.468 e. The third-order valence-electron chi connectivity index (χ3n) is 5.26. The molecule has 0 bridgehead atoms. The van der Waals surface area contributed by atoms with Gasteiger partial charge in [-0.1, -0.05) is 12.5 Å². The summed E-state index contributed by atoms with van der Waals surface area (Å²) in [7, 11) is 3.31. The number of ether oxygens (including phenoxy) is 1. The highest BCUT2D eigenvalue weighted by Crippen LogP contribution is 2.24. The first-order chi connectivity index (χ1) is 14.2. The molecule has 2 aromatic rings. The minimum atomic E-state index is -0.249. The number of piperidine rings is 1. The Hall–Kier alpha value is -2.38. The molecule has 1 fully saturated rings. The van der Waals surface area contributed by atoms with Crippen molar-refractivity contribution in [3.63, 3.8) is 0 Å². The molecular weight excluding hydrogens is 371 g/mol. The van der Waals surface area contributed by atoms with Crippen LogP contribution in [-0.2, 0) is 17.9 Å². The second kappa shape index (κ2) is 11.0. The minimum absolute atomic E-state index is 0.169. The van der Waals surface area contributed by atoms with Crippen molar-refractivity contribution in [3.05, 3.63) is 59.3 Å². The summed E-state index contributed by atoms with van der Waals surface area (Å²) in [5, 5.41) is 6.72. The Morgan fingerprint density at radius 1 is 1.24 bits per heavy atom. The second-order valence-electron chi connectivity index (χ2n) is 7.29. The van der Waals surface area contributed by atoms with Gasteiger partial charge in [-0.3, -0.25) is 9.89 Å². The molecule has 1 saturated heterocycles. The zero-order valence-electron chi connectivity index (χ0n) is 17.3. The number of rotatable bonds is 8. The Labute approximate surface area is 172 Å². The molecule has 1 aliphatic rings. The maximum atomic E-state index is 13.8. The molecular formula is C22H31FN4O2. The van der Waals surface area contributed by atoms with Gasteiger partial charge in [-0.2, -0.15) is 0 Å². The molecule has 7 heteroatoms. The van der Waals surface area contributed by atoms with Gasteiger partial charge < -0.3 is 19.8 Å². The van der Waals surface area contributed by atoms with Crippen LogP contribution in [-0.4, -0.2) is 44.7 Å². The molecule has 158 valence electrons. The number of aliphatic imine (C=N–C) groups is 1. The van der Waals surface area contributed by atoms with Crippen molar-refractivity contribution in [2.75, 3.05) is 33.8 Å². The highest BCUT2D eigenvalue weighted by Gasteiger charge is 2.24. The first-order valence-corrected chi connectivity index (χ1v) is 10.2. The Balaban J connectivity index is 1.58. The van der Waals surface area contributed by atoms with Crippen molar-refractivity contribution >= 4 is 5.96 Å². The van der Waals surface area contributed by atoms with E-state index in [1.54, 1.807) is 26.5 Å². The number of hydrogen-bond donors (Lipinski definition) is 2. The van der Waals surface area contributed by atoms with Crippen LogP contribution in [0.1, 0.15) is 42.2 Å². The van der Waals surface area contributed by atoms with Gasteiger partial charge >= 0.3 is 0 Å². The van der Waals surface area contributed by atoms with Crippen LogP contribution in [0.5, 0.6) is 0 Å². The van der Waals surface area contributed by atoms with Crippen molar-refractivity contribution in [2.45, 2.75) is 38.5 Å². The fraction of sp³-hybridized carbons (Fsp3) is 0.500. The van der Waals surface area contributed by atoms with Crippen LogP contribution in [0.3, 0.4) is 0 Å². The molecule has 1 atom stereocenters. The van der Waals surface area contributed by atoms with E-state index < -0.39 is 0 Å². The van der Waals surface area contributed by atoms with E-state index in [2.05, 4.69) is 20.5 Å². The van der Waals surface area contributed by atoms with E-state index in [9.17, 15) is 4.39 Å². The first kappa shape index (κ1) is 21.3. The standard InChI is InChI=1S/C22H31FN4O2/c1-24-22(25-14-17-8-9-19(23)18(13-17)16-28-2)26-15-20(21-7-6-12-29-21)27-10-4-3-5-11-27/h6-9,12-13,20H,3-5,10-11,14-16H2,1-2H3,(H2,24,25,26). The SMILES string of the molecule is CN=C(NCc1ccc(F)c(COC)c1)NCC(c1ccco1)N1CCCCC1. The fourth-order valence-electron chi connectivity index (χ4n) is 3.72. The lowest BCUT2D eigenvalue weighted by Crippen LogP contribution is -2.44. The summed E-state index contributed by atoms with van der Waals surface area (Å²) < 4.78 is 24.6. The van der Waals surface area contributed by atoms with Gasteiger partial charge in [-0.15, -0.1) is 0 Å². The molecule has 29 heavy (non-hydrogen) atoms. The molecule has 3 rings (SSSR count). The summed E-state index contributed by atoms with van der Waals surface area (Å²) in [4.78, 5) is 6.80. The van der Waals surface area contributed by atoms with Crippen LogP contribution in [0.15, 0.2) is 46.0 Å². The lowest BCUT2D eigenvalue weighted by molar-refractivity contribution is 0.146. The summed E-state index contributed by atoms with van der Waals surface area (Å²) in [5.41, 5.74) is 1.53. The molecule has 0 saturated carbocycles. The number of hydrogen-bond acceptors (Lipinski definition) is 4. The van der Waals surface area contributed by atoms with Gasteiger partial charge in [0.05, 0.1) is 18.9 Å². The number of guanidine groups is 1. The number of nitrogens with one attached hydrogen (secondary N) is 2. The molecule has 1 aromatic carbocycles. The Morgan fingerprint density at radius 3 is 2.76 bits per heavy atom. The predicted molar refractivity (Wildman–Crippen MR) is 112 cm³/mol. The van der Waals surface area contributed by atoms with Gasteiger partial charge in [-0.25, -0.2) is 4.39 Å². The summed E-state index contributed by atoms with van der Waals surface area (Å²) in [6.45, 7) is 3.67. The van der Waals surface area contributed by atoms with E-state index >= 15 is 0 Å². The van der Waals surface area contributed by atoms with Crippen molar-refractivity contribution in [1.82, 2.24) is 15.5 Å². The van der Waals surface area contributed by atoms with E-state index in [1.807, 2.05) is 18.2 Å². The molecule has 2 heterocycles. The fourth-order valence-corrected chi connectivity index (χ4v) is 3.72. The van der Waals surface area contributed by atoms with Gasteiger partial charge in [0.1, 0.15) is 11.6 Å². The van der Waals surface area contributed by atoms with E-state index in [1.165, 1.54) is 25.3 Å². The maximum Gasteiger partial charge on any atom is 0.191 e. The van der Waals surface area contributed by atoms with Gasteiger partial charge in [0, 0.05) is 32.8 Å². The number of furan rings is 1. The van der Waals surface area contributed by atoms with Crippen molar-refractivity contribution in [1.29, 1.82) is 0 Å². The van der Waals surface area contributed by atoms with Crippen molar-refractivity contribution in [2.24, 2.45) is 4.99 Å². The van der Waals surface area contributed by atoms with Crippen molar-refractivity contribution in [3.8, 4) is 0 Å². The minimum Gasteiger partial charge on any atom is -0.468 e. The van der Waals surface area contributed by atoms with Gasteiger partial charge in [0.2, 0.25) is 0 Å². The number of benzene rings is 1. The van der Waals surface area contributed by atoms with E-state index in [0.29, 0.717) is 24.6 Å². The van der Waals surface area contributed by atoms with Crippen LogP contribution < -0.4 is 10.6 Å². The lowest BCUT2D eigenvalue weighted by atomic mass is 10.1. The third-order valence-corrected chi connectivity index (χ3v) is 5.26.